The van der Waals surface area contributed by atoms with Crippen molar-refractivity contribution in [3.8, 4) is 11.1 Å². The molecular weight excluding hydrogens is 314 g/mol. The Hall–Kier alpha value is -2.58. The zero-order valence-corrected chi connectivity index (χ0v) is 13.2. The van der Waals surface area contributed by atoms with Crippen molar-refractivity contribution in [3.63, 3.8) is 0 Å². The minimum Gasteiger partial charge on any atom is -0.339 e. The summed E-state index contributed by atoms with van der Waals surface area (Å²) in [7, 11) is -1.88. The molecule has 7 nitrogen and oxygen atoms in total. The maximum Gasteiger partial charge on any atom is 0.259 e. The Bertz CT molecular complexity index is 889. The van der Waals surface area contributed by atoms with Gasteiger partial charge >= 0.3 is 0 Å². The normalized spacial score (nSPS) is 11.5. The third-order valence-electron chi connectivity index (χ3n) is 3.27. The second-order valence-corrected chi connectivity index (χ2v) is 6.74. The quantitative estimate of drug-likeness (QED) is 0.763. The number of imidazole rings is 1. The van der Waals surface area contributed by atoms with Crippen LogP contribution in [0.4, 0.5) is 0 Å². The van der Waals surface area contributed by atoms with Gasteiger partial charge in [-0.1, -0.05) is 24.3 Å². The van der Waals surface area contributed by atoms with Crippen molar-refractivity contribution in [2.24, 2.45) is 7.05 Å². The summed E-state index contributed by atoms with van der Waals surface area (Å²) in [6, 6.07) is 7.54. The molecule has 0 saturated heterocycles. The van der Waals surface area contributed by atoms with Crippen LogP contribution in [0.25, 0.3) is 11.1 Å². The summed E-state index contributed by atoms with van der Waals surface area (Å²) < 4.78 is 28.3. The van der Waals surface area contributed by atoms with Gasteiger partial charge in [-0.15, -0.1) is 0 Å². The second kappa shape index (κ2) is 6.27. The predicted molar refractivity (Wildman–Crippen MR) is 84.7 cm³/mol. The smallest absolute Gasteiger partial charge is 0.259 e. The van der Waals surface area contributed by atoms with E-state index in [-0.39, 0.29) is 11.6 Å². The first-order chi connectivity index (χ1) is 11.0. The monoisotopic (exact) mass is 329 g/mol. The molecule has 23 heavy (non-hydrogen) atoms. The lowest BCUT2D eigenvalue weighted by molar-refractivity contribution is 0.578. The summed E-state index contributed by atoms with van der Waals surface area (Å²) >= 11 is 0. The van der Waals surface area contributed by atoms with Gasteiger partial charge in [0.1, 0.15) is 6.33 Å². The molecular formula is C15H15N5O2S. The Morgan fingerprint density at radius 2 is 1.78 bits per heavy atom. The van der Waals surface area contributed by atoms with Crippen LogP contribution in [0.2, 0.25) is 0 Å². The van der Waals surface area contributed by atoms with Gasteiger partial charge in [0, 0.05) is 37.7 Å². The van der Waals surface area contributed by atoms with Gasteiger partial charge in [-0.25, -0.2) is 28.1 Å². The first kappa shape index (κ1) is 15.3. The highest BCUT2D eigenvalue weighted by atomic mass is 32.2. The number of rotatable bonds is 5. The maximum absolute atomic E-state index is 12.1. The third-order valence-corrected chi connectivity index (χ3v) is 4.56. The zero-order valence-electron chi connectivity index (χ0n) is 12.4. The van der Waals surface area contributed by atoms with Gasteiger partial charge in [0.2, 0.25) is 0 Å². The van der Waals surface area contributed by atoms with Crippen molar-refractivity contribution in [2.75, 3.05) is 0 Å². The van der Waals surface area contributed by atoms with E-state index in [1.807, 2.05) is 24.3 Å². The van der Waals surface area contributed by atoms with Gasteiger partial charge in [0.05, 0.1) is 6.33 Å². The van der Waals surface area contributed by atoms with Gasteiger partial charge in [-0.3, -0.25) is 0 Å². The molecule has 0 saturated carbocycles. The number of nitrogens with one attached hydrogen (secondary N) is 1. The van der Waals surface area contributed by atoms with Gasteiger partial charge < -0.3 is 4.57 Å². The van der Waals surface area contributed by atoms with E-state index in [1.165, 1.54) is 18.9 Å². The summed E-state index contributed by atoms with van der Waals surface area (Å²) in [5, 5.41) is 0.0121. The van der Waals surface area contributed by atoms with E-state index in [4.69, 9.17) is 0 Å². The SMILES string of the molecule is Cn1cnc(S(=O)(=O)NCc2ccc(-c3cncnc3)cc2)c1. The van der Waals surface area contributed by atoms with Crippen LogP contribution in [0, 0.1) is 0 Å². The Morgan fingerprint density at radius 1 is 1.09 bits per heavy atom. The Labute approximate surface area is 134 Å². The fourth-order valence-electron chi connectivity index (χ4n) is 2.04. The molecule has 0 atom stereocenters. The topological polar surface area (TPSA) is 89.8 Å². The van der Waals surface area contributed by atoms with Crippen molar-refractivity contribution >= 4 is 10.0 Å². The molecule has 0 amide bonds. The van der Waals surface area contributed by atoms with E-state index >= 15 is 0 Å². The standard InChI is InChI=1S/C15H15N5O2S/c1-20-9-15(18-11-20)23(21,22)19-6-12-2-4-13(5-3-12)14-7-16-10-17-8-14/h2-5,7-11,19H,6H2,1H3. The van der Waals surface area contributed by atoms with E-state index in [9.17, 15) is 8.42 Å². The molecule has 0 spiro atoms. The molecule has 0 bridgehead atoms. The summed E-state index contributed by atoms with van der Waals surface area (Å²) in [6.07, 6.45) is 7.84. The molecule has 0 aliphatic heterocycles. The molecule has 0 aliphatic rings. The maximum atomic E-state index is 12.1. The number of hydrogen-bond acceptors (Lipinski definition) is 5. The van der Waals surface area contributed by atoms with Crippen LogP contribution in [0.15, 0.2) is 60.5 Å². The molecule has 8 heteroatoms. The van der Waals surface area contributed by atoms with E-state index < -0.39 is 10.0 Å². The minimum atomic E-state index is -3.60. The van der Waals surface area contributed by atoms with Crippen LogP contribution >= 0.6 is 0 Å². The van der Waals surface area contributed by atoms with Crippen LogP contribution in [0.5, 0.6) is 0 Å². The molecule has 0 aliphatic carbocycles. The summed E-state index contributed by atoms with van der Waals surface area (Å²) in [5.41, 5.74) is 2.74. The highest BCUT2D eigenvalue weighted by Crippen LogP contribution is 2.17. The molecule has 0 unspecified atom stereocenters. The van der Waals surface area contributed by atoms with E-state index in [0.717, 1.165) is 16.7 Å². The lowest BCUT2D eigenvalue weighted by atomic mass is 10.1. The summed E-state index contributed by atoms with van der Waals surface area (Å²) in [4.78, 5) is 11.8. The average Bonchev–Trinajstić information content (AvgIpc) is 3.02. The molecule has 1 aromatic carbocycles. The minimum absolute atomic E-state index is 0.0121. The molecule has 1 N–H and O–H groups in total. The number of sulfonamides is 1. The van der Waals surface area contributed by atoms with Gasteiger partial charge in [-0.2, -0.15) is 0 Å². The highest BCUT2D eigenvalue weighted by molar-refractivity contribution is 7.89. The largest absolute Gasteiger partial charge is 0.339 e. The number of hydrogen-bond donors (Lipinski definition) is 1. The summed E-state index contributed by atoms with van der Waals surface area (Å²) in [5.74, 6) is 0. The second-order valence-electron chi connectivity index (χ2n) is 5.03. The third kappa shape index (κ3) is 3.61. The van der Waals surface area contributed by atoms with E-state index in [0.29, 0.717) is 0 Å². The molecule has 0 fully saturated rings. The molecule has 2 heterocycles. The first-order valence-corrected chi connectivity index (χ1v) is 8.35. The molecule has 3 aromatic rings. The zero-order chi connectivity index (χ0) is 16.3. The lowest BCUT2D eigenvalue weighted by Gasteiger charge is -2.06. The molecule has 3 rings (SSSR count). The summed E-state index contributed by atoms with van der Waals surface area (Å²) in [6.45, 7) is 0.199. The molecule has 0 radical (unpaired) electrons. The molecule has 118 valence electrons. The van der Waals surface area contributed by atoms with E-state index in [1.54, 1.807) is 24.0 Å². The Morgan fingerprint density at radius 3 is 2.39 bits per heavy atom. The van der Waals surface area contributed by atoms with E-state index in [2.05, 4.69) is 19.7 Å². The fraction of sp³-hybridized carbons (Fsp3) is 0.133. The lowest BCUT2D eigenvalue weighted by Crippen LogP contribution is -2.23. The first-order valence-electron chi connectivity index (χ1n) is 6.86. The average molecular weight is 329 g/mol. The molecule has 2 aromatic heterocycles. The van der Waals surface area contributed by atoms with Crippen LogP contribution in [0.3, 0.4) is 0 Å². The van der Waals surface area contributed by atoms with Crippen LogP contribution in [-0.4, -0.2) is 27.9 Å². The van der Waals surface area contributed by atoms with Crippen molar-refractivity contribution in [1.29, 1.82) is 0 Å². The number of nitrogens with zero attached hydrogens (tertiary/aromatic N) is 4. The fourth-order valence-corrected chi connectivity index (χ4v) is 3.04. The highest BCUT2D eigenvalue weighted by Gasteiger charge is 2.16. The van der Waals surface area contributed by atoms with Crippen molar-refractivity contribution in [1.82, 2.24) is 24.2 Å². The van der Waals surface area contributed by atoms with Crippen molar-refractivity contribution in [2.45, 2.75) is 11.6 Å². The number of aromatic nitrogens is 4. The predicted octanol–water partition coefficient (Wildman–Crippen LogP) is 1.36. The van der Waals surface area contributed by atoms with Crippen LogP contribution in [0.1, 0.15) is 5.56 Å². The Balaban J connectivity index is 1.69. The van der Waals surface area contributed by atoms with Crippen molar-refractivity contribution < 1.29 is 8.42 Å². The van der Waals surface area contributed by atoms with Crippen LogP contribution in [-0.2, 0) is 23.6 Å². The van der Waals surface area contributed by atoms with Gasteiger partial charge in [-0.05, 0) is 11.1 Å². The van der Waals surface area contributed by atoms with Gasteiger partial charge in [0.15, 0.2) is 5.03 Å². The van der Waals surface area contributed by atoms with Gasteiger partial charge in [0.25, 0.3) is 10.0 Å². The van der Waals surface area contributed by atoms with Crippen molar-refractivity contribution in [3.05, 3.63) is 61.1 Å². The Kier molecular flexibility index (Phi) is 4.18. The number of aryl methyl sites for hydroxylation is 1. The van der Waals surface area contributed by atoms with Crippen LogP contribution < -0.4 is 4.72 Å². The number of benzene rings is 1.